The van der Waals surface area contributed by atoms with Gasteiger partial charge in [0.05, 0.1) is 0 Å². The van der Waals surface area contributed by atoms with Gasteiger partial charge < -0.3 is 0 Å². The maximum atomic E-state index is 4.35. The minimum absolute atomic E-state index is 0.874. The number of aliphatic imine (C=N–C) groups is 1. The molecule has 0 aromatic heterocycles. The smallest absolute Gasteiger partial charge is 0.108 e. The molecular weight excluding hydrogens is 194 g/mol. The largest absolute Gasteiger partial charge is 0.297 e. The molecule has 0 aromatic carbocycles. The fraction of sp³-hybridized carbons (Fsp3) is 0.900. The molecule has 0 bridgehead atoms. The molecule has 0 spiro atoms. The molecule has 0 saturated heterocycles. The molecular formula is C10H21NSSi. The van der Waals surface area contributed by atoms with E-state index in [1.165, 1.54) is 31.4 Å². The second kappa shape index (κ2) is 4.65. The van der Waals surface area contributed by atoms with Crippen LogP contribution >= 0.6 is 11.2 Å². The molecule has 1 atom stereocenters. The van der Waals surface area contributed by atoms with Crippen molar-refractivity contribution in [3.63, 3.8) is 0 Å². The van der Waals surface area contributed by atoms with Gasteiger partial charge in [0.25, 0.3) is 0 Å². The van der Waals surface area contributed by atoms with Crippen LogP contribution in [0.25, 0.3) is 0 Å². The van der Waals surface area contributed by atoms with Gasteiger partial charge >= 0.3 is 0 Å². The van der Waals surface area contributed by atoms with Crippen LogP contribution in [0.5, 0.6) is 0 Å². The van der Waals surface area contributed by atoms with E-state index < -0.39 is 7.22 Å². The Morgan fingerprint density at radius 1 is 1.38 bits per heavy atom. The summed E-state index contributed by atoms with van der Waals surface area (Å²) in [5.74, 6) is 0. The van der Waals surface area contributed by atoms with Crippen LogP contribution in [-0.4, -0.2) is 25.2 Å². The summed E-state index contributed by atoms with van der Waals surface area (Å²) in [5, 5.41) is 0.874. The van der Waals surface area contributed by atoms with E-state index in [0.717, 1.165) is 5.25 Å². The van der Waals surface area contributed by atoms with E-state index in [-0.39, 0.29) is 0 Å². The Bertz CT molecular complexity index is 196. The minimum Gasteiger partial charge on any atom is -0.297 e. The number of hydrogen-bond donors (Lipinski definition) is 0. The second-order valence-electron chi connectivity index (χ2n) is 4.74. The van der Waals surface area contributed by atoms with Crippen molar-refractivity contribution < 1.29 is 0 Å². The predicted molar refractivity (Wildman–Crippen MR) is 66.6 cm³/mol. The van der Waals surface area contributed by atoms with Crippen LogP contribution < -0.4 is 0 Å². The highest BCUT2D eigenvalue weighted by Gasteiger charge is 2.24. The lowest BCUT2D eigenvalue weighted by molar-refractivity contribution is 0.682. The number of nitrogens with zero attached hydrogens (tertiary/aromatic N) is 1. The number of hydrogen-bond acceptors (Lipinski definition) is 2. The molecule has 0 N–H and O–H groups in total. The molecule has 1 aliphatic rings. The second-order valence-corrected chi connectivity index (χ2v) is 14.2. The first-order valence-electron chi connectivity index (χ1n) is 5.13. The van der Waals surface area contributed by atoms with E-state index in [9.17, 15) is 0 Å². The van der Waals surface area contributed by atoms with Gasteiger partial charge in [-0.1, -0.05) is 19.6 Å². The quantitative estimate of drug-likeness (QED) is 0.642. The standard InChI is InChI=1S/C10H21NSSi/c1-11-9-6-5-7-10(8-9)12-13(2,3)4/h10H,5-8H2,1-4H3/b11-9+. The molecule has 0 heterocycles. The monoisotopic (exact) mass is 215 g/mol. The lowest BCUT2D eigenvalue weighted by atomic mass is 9.98. The summed E-state index contributed by atoms with van der Waals surface area (Å²) < 4.78 is 0. The Morgan fingerprint density at radius 3 is 2.62 bits per heavy atom. The Morgan fingerprint density at radius 2 is 2.08 bits per heavy atom. The maximum absolute atomic E-state index is 4.35. The average Bonchev–Trinajstić information content (AvgIpc) is 2.01. The lowest BCUT2D eigenvalue weighted by Crippen LogP contribution is -2.25. The molecule has 0 aliphatic heterocycles. The summed E-state index contributed by atoms with van der Waals surface area (Å²) in [4.78, 5) is 4.35. The SMILES string of the molecule is C/N=C1\CCCC(S[Si](C)(C)C)C1. The molecule has 0 radical (unpaired) electrons. The van der Waals surface area contributed by atoms with Crippen molar-refractivity contribution in [1.29, 1.82) is 0 Å². The molecule has 1 fully saturated rings. The van der Waals surface area contributed by atoms with Gasteiger partial charge in [-0.2, -0.15) is 11.2 Å². The van der Waals surface area contributed by atoms with Crippen molar-refractivity contribution in [3.8, 4) is 0 Å². The van der Waals surface area contributed by atoms with Gasteiger partial charge in [-0.05, 0) is 25.7 Å². The molecule has 1 nitrogen and oxygen atoms in total. The van der Waals surface area contributed by atoms with E-state index in [4.69, 9.17) is 0 Å². The van der Waals surface area contributed by atoms with Crippen LogP contribution in [0, 0.1) is 0 Å². The van der Waals surface area contributed by atoms with Crippen LogP contribution in [0.2, 0.25) is 19.6 Å². The summed E-state index contributed by atoms with van der Waals surface area (Å²) >= 11 is 2.25. The van der Waals surface area contributed by atoms with Crippen molar-refractivity contribution >= 4 is 24.1 Å². The fourth-order valence-electron chi connectivity index (χ4n) is 1.80. The zero-order chi connectivity index (χ0) is 9.90. The molecule has 1 aliphatic carbocycles. The normalized spacial score (nSPS) is 28.0. The lowest BCUT2D eigenvalue weighted by Gasteiger charge is -2.28. The first kappa shape index (κ1) is 11.3. The minimum atomic E-state index is -0.925. The van der Waals surface area contributed by atoms with Gasteiger partial charge in [0.1, 0.15) is 7.22 Å². The van der Waals surface area contributed by atoms with Gasteiger partial charge in [-0.15, -0.1) is 0 Å². The molecule has 13 heavy (non-hydrogen) atoms. The summed E-state index contributed by atoms with van der Waals surface area (Å²) in [6.07, 6.45) is 5.27. The van der Waals surface area contributed by atoms with Crippen molar-refractivity contribution in [1.82, 2.24) is 0 Å². The van der Waals surface area contributed by atoms with Gasteiger partial charge in [0, 0.05) is 18.0 Å². The third-order valence-corrected chi connectivity index (χ3v) is 6.86. The molecule has 1 rings (SSSR count). The van der Waals surface area contributed by atoms with Gasteiger partial charge in [0.15, 0.2) is 0 Å². The van der Waals surface area contributed by atoms with Gasteiger partial charge in [-0.25, -0.2) is 0 Å². The zero-order valence-electron chi connectivity index (χ0n) is 9.26. The molecule has 3 heteroatoms. The summed E-state index contributed by atoms with van der Waals surface area (Å²) in [7, 11) is 1.02. The van der Waals surface area contributed by atoms with E-state index in [1.54, 1.807) is 0 Å². The predicted octanol–water partition coefficient (Wildman–Crippen LogP) is 3.57. The topological polar surface area (TPSA) is 12.4 Å². The van der Waals surface area contributed by atoms with Crippen LogP contribution in [0.1, 0.15) is 25.7 Å². The molecule has 1 unspecified atom stereocenters. The molecule has 0 amide bonds. The van der Waals surface area contributed by atoms with Crippen molar-refractivity contribution in [2.24, 2.45) is 4.99 Å². The molecule has 76 valence electrons. The Labute approximate surface area is 87.1 Å². The fourth-order valence-corrected chi connectivity index (χ4v) is 6.97. The Balaban J connectivity index is 2.43. The van der Waals surface area contributed by atoms with E-state index >= 15 is 0 Å². The Hall–Kier alpha value is 0.237. The third-order valence-electron chi connectivity index (χ3n) is 2.29. The third kappa shape index (κ3) is 4.32. The zero-order valence-corrected chi connectivity index (χ0v) is 11.1. The van der Waals surface area contributed by atoms with E-state index in [0.29, 0.717) is 0 Å². The summed E-state index contributed by atoms with van der Waals surface area (Å²) in [6, 6.07) is 0. The average molecular weight is 215 g/mol. The highest BCUT2D eigenvalue weighted by atomic mass is 32.4. The highest BCUT2D eigenvalue weighted by molar-refractivity contribution is 8.29. The van der Waals surface area contributed by atoms with Crippen molar-refractivity contribution in [2.45, 2.75) is 50.6 Å². The summed E-state index contributed by atoms with van der Waals surface area (Å²) in [6.45, 7) is 7.32. The summed E-state index contributed by atoms with van der Waals surface area (Å²) in [5.41, 5.74) is 1.45. The first-order valence-corrected chi connectivity index (χ1v) is 10.2. The van der Waals surface area contributed by atoms with Gasteiger partial charge in [-0.3, -0.25) is 4.99 Å². The van der Waals surface area contributed by atoms with Crippen LogP contribution in [-0.2, 0) is 0 Å². The van der Waals surface area contributed by atoms with Crippen molar-refractivity contribution in [2.75, 3.05) is 7.05 Å². The van der Waals surface area contributed by atoms with E-state index in [2.05, 4.69) is 35.8 Å². The van der Waals surface area contributed by atoms with Crippen molar-refractivity contribution in [3.05, 3.63) is 0 Å². The van der Waals surface area contributed by atoms with Crippen LogP contribution in [0.3, 0.4) is 0 Å². The van der Waals surface area contributed by atoms with Crippen LogP contribution in [0.4, 0.5) is 0 Å². The Kier molecular flexibility index (Phi) is 4.04. The number of rotatable bonds is 2. The maximum Gasteiger partial charge on any atom is 0.108 e. The highest BCUT2D eigenvalue weighted by Crippen LogP contribution is 2.33. The first-order chi connectivity index (χ1) is 6.01. The van der Waals surface area contributed by atoms with Gasteiger partial charge in [0.2, 0.25) is 0 Å². The molecule has 0 aromatic rings. The van der Waals surface area contributed by atoms with E-state index in [1.807, 2.05) is 7.05 Å². The van der Waals surface area contributed by atoms with Crippen LogP contribution in [0.15, 0.2) is 4.99 Å². The molecule has 1 saturated carbocycles.